The number of nitrogens with zero attached hydrogens (tertiary/aromatic N) is 3. The zero-order valence-electron chi connectivity index (χ0n) is 33.4. The number of hydrogen-bond acceptors (Lipinski definition) is 10. The number of carbonyl (C=O) groups excluding carboxylic acids is 2. The number of unbranched alkanes of at least 4 members (excludes halogenated alkanes) is 2. The van der Waals surface area contributed by atoms with E-state index >= 15 is 0 Å². The Morgan fingerprint density at radius 2 is 1.60 bits per heavy atom. The van der Waals surface area contributed by atoms with E-state index in [9.17, 15) is 14.4 Å². The number of amides is 2. The van der Waals surface area contributed by atoms with Crippen LogP contribution in [-0.2, 0) is 19.0 Å². The Bertz CT molecular complexity index is 1790. The van der Waals surface area contributed by atoms with Gasteiger partial charge in [-0.15, -0.1) is 0 Å². The number of likely N-dealkylation sites (tertiary alicyclic amines) is 1. The fraction of sp³-hybridized carbons (Fsp3) is 0.476. The van der Waals surface area contributed by atoms with Crippen LogP contribution >= 0.6 is 0 Å². The van der Waals surface area contributed by atoms with Gasteiger partial charge >= 0.3 is 12.1 Å². The van der Waals surface area contributed by atoms with Crippen LogP contribution in [0.15, 0.2) is 78.0 Å². The molecule has 2 heterocycles. The minimum atomic E-state index is -0.973. The summed E-state index contributed by atoms with van der Waals surface area (Å²) in [5.41, 5.74) is 7.73. The van der Waals surface area contributed by atoms with E-state index in [2.05, 4.69) is 20.6 Å². The van der Waals surface area contributed by atoms with E-state index < -0.39 is 23.2 Å². The monoisotopic (exact) mass is 787 g/mol. The molecule has 15 heteroatoms. The Labute approximate surface area is 334 Å². The predicted octanol–water partition coefficient (Wildman–Crippen LogP) is 6.19. The molecule has 1 aliphatic heterocycles. The minimum Gasteiger partial charge on any atom is -0.494 e. The van der Waals surface area contributed by atoms with Gasteiger partial charge in [-0.05, 0) is 114 Å². The molecule has 6 N–H and O–H groups in total. The summed E-state index contributed by atoms with van der Waals surface area (Å²) < 4.78 is 22.0. The molecule has 1 aliphatic rings. The fourth-order valence-electron chi connectivity index (χ4n) is 6.07. The highest BCUT2D eigenvalue weighted by atomic mass is 16.6. The number of ether oxygens (including phenoxy) is 4. The number of hydrogen-bond donors (Lipinski definition) is 5. The normalized spacial score (nSPS) is 14.7. The van der Waals surface area contributed by atoms with Crippen molar-refractivity contribution >= 4 is 35.3 Å². The topological polar surface area (TPSA) is 211 Å². The molecule has 2 amide bonds. The summed E-state index contributed by atoms with van der Waals surface area (Å²) in [7, 11) is 0. The lowest BCUT2D eigenvalue weighted by Gasteiger charge is -2.42. The smallest absolute Gasteiger partial charge is 0.410 e. The maximum absolute atomic E-state index is 13.5. The molecule has 1 fully saturated rings. The Kier molecular flexibility index (Phi) is 16.8. The Morgan fingerprint density at radius 1 is 0.930 bits per heavy atom. The summed E-state index contributed by atoms with van der Waals surface area (Å²) in [4.78, 5) is 47.0. The van der Waals surface area contributed by atoms with Crippen LogP contribution in [0.5, 0.6) is 5.75 Å². The number of rotatable bonds is 20. The molecule has 0 saturated carbocycles. The fourth-order valence-corrected chi connectivity index (χ4v) is 6.07. The van der Waals surface area contributed by atoms with Gasteiger partial charge in [0, 0.05) is 62.1 Å². The van der Waals surface area contributed by atoms with Crippen molar-refractivity contribution in [2.75, 3.05) is 51.4 Å². The van der Waals surface area contributed by atoms with Gasteiger partial charge in [0.2, 0.25) is 0 Å². The highest BCUT2D eigenvalue weighted by molar-refractivity contribution is 6.07. The van der Waals surface area contributed by atoms with Crippen LogP contribution in [0.4, 0.5) is 10.5 Å². The van der Waals surface area contributed by atoms with Gasteiger partial charge in [-0.2, -0.15) is 0 Å². The highest BCUT2D eigenvalue weighted by Gasteiger charge is 2.41. The van der Waals surface area contributed by atoms with Crippen molar-refractivity contribution in [2.45, 2.75) is 83.4 Å². The average molecular weight is 788 g/mol. The molecule has 308 valence electrons. The van der Waals surface area contributed by atoms with Gasteiger partial charge in [0.25, 0.3) is 5.91 Å². The number of carboxylic acid groups (broad SMARTS) is 1. The van der Waals surface area contributed by atoms with Gasteiger partial charge in [-0.3, -0.25) is 15.2 Å². The Morgan fingerprint density at radius 3 is 2.28 bits per heavy atom. The van der Waals surface area contributed by atoms with Crippen molar-refractivity contribution in [3.8, 4) is 5.75 Å². The van der Waals surface area contributed by atoms with Crippen molar-refractivity contribution in [1.82, 2.24) is 15.2 Å². The van der Waals surface area contributed by atoms with E-state index in [1.807, 2.05) is 58.0 Å². The summed E-state index contributed by atoms with van der Waals surface area (Å²) in [6.07, 6.45) is 6.96. The number of aliphatic imine (C=N–C) groups is 1. The zero-order chi connectivity index (χ0) is 41.3. The van der Waals surface area contributed by atoms with Crippen LogP contribution < -0.4 is 21.1 Å². The first-order chi connectivity index (χ1) is 27.2. The summed E-state index contributed by atoms with van der Waals surface area (Å²) in [6, 6.07) is 17.9. The number of benzene rings is 2. The summed E-state index contributed by atoms with van der Waals surface area (Å²) >= 11 is 0. The number of anilines is 1. The number of aromatic nitrogens is 1. The number of aliphatic carboxylic acids is 1. The molecule has 2 aromatic carbocycles. The standard InChI is InChI=1S/C42H57N7O8/c1-30(31-12-14-35(15-13-31)56-27-7-5-6-24-54-25-9-26-55-29-36(50)51)46-38(52)33-10-8-11-34(28-33)48-42(39(44)47-37(43)32-16-20-45-21-17-32)18-22-49(23-19-42)40(53)57-41(2,3)4/h8,10-17,20-21,28,30,48H,5-7,9,18-19,22-27,29H2,1-4H3,(H,46,52)(H,50,51)(H3,43,44,47). The van der Waals surface area contributed by atoms with Gasteiger partial charge < -0.3 is 45.3 Å². The molecule has 0 bridgehead atoms. The lowest BCUT2D eigenvalue weighted by molar-refractivity contribution is -0.142. The average Bonchev–Trinajstić information content (AvgIpc) is 3.18. The summed E-state index contributed by atoms with van der Waals surface area (Å²) in [5.74, 6) is -0.291. The molecule has 1 unspecified atom stereocenters. The quantitative estimate of drug-likeness (QED) is 0.0495. The second-order valence-electron chi connectivity index (χ2n) is 14.9. The van der Waals surface area contributed by atoms with E-state index in [1.165, 1.54) is 0 Å². The third-order valence-electron chi connectivity index (χ3n) is 9.19. The van der Waals surface area contributed by atoms with Crippen molar-refractivity contribution in [3.63, 3.8) is 0 Å². The lowest BCUT2D eigenvalue weighted by atomic mass is 9.85. The number of piperidine rings is 1. The van der Waals surface area contributed by atoms with Crippen molar-refractivity contribution < 1.29 is 38.4 Å². The molecule has 1 atom stereocenters. The molecule has 57 heavy (non-hydrogen) atoms. The van der Waals surface area contributed by atoms with Crippen LogP contribution in [0.25, 0.3) is 0 Å². The van der Waals surface area contributed by atoms with Gasteiger partial charge in [0.1, 0.15) is 23.8 Å². The molecule has 4 rings (SSSR count). The number of pyridine rings is 1. The zero-order valence-corrected chi connectivity index (χ0v) is 33.4. The number of amidine groups is 2. The van der Waals surface area contributed by atoms with Crippen LogP contribution in [0.3, 0.4) is 0 Å². The first-order valence-corrected chi connectivity index (χ1v) is 19.4. The maximum atomic E-state index is 13.5. The van der Waals surface area contributed by atoms with Crippen molar-refractivity contribution in [2.24, 2.45) is 10.7 Å². The predicted molar refractivity (Wildman–Crippen MR) is 218 cm³/mol. The number of carbonyl (C=O) groups is 3. The molecule has 0 spiro atoms. The molecule has 3 aromatic rings. The Hall–Kier alpha value is -5.54. The van der Waals surface area contributed by atoms with Crippen LogP contribution in [0.1, 0.15) is 93.7 Å². The Balaban J connectivity index is 1.30. The third kappa shape index (κ3) is 14.8. The summed E-state index contributed by atoms with van der Waals surface area (Å²) in [6.45, 7) is 9.92. The maximum Gasteiger partial charge on any atom is 0.410 e. The van der Waals surface area contributed by atoms with Crippen LogP contribution in [0.2, 0.25) is 0 Å². The molecule has 15 nitrogen and oxygen atoms in total. The number of nitrogens with two attached hydrogens (primary N) is 1. The van der Waals surface area contributed by atoms with E-state index in [1.54, 1.807) is 47.6 Å². The van der Waals surface area contributed by atoms with Crippen molar-refractivity contribution in [3.05, 3.63) is 89.7 Å². The van der Waals surface area contributed by atoms with E-state index in [-0.39, 0.29) is 30.2 Å². The molecular weight excluding hydrogens is 731 g/mol. The van der Waals surface area contributed by atoms with E-state index in [0.29, 0.717) is 75.6 Å². The second-order valence-corrected chi connectivity index (χ2v) is 14.9. The van der Waals surface area contributed by atoms with Crippen LogP contribution in [-0.4, -0.2) is 102 Å². The highest BCUT2D eigenvalue weighted by Crippen LogP contribution is 2.30. The van der Waals surface area contributed by atoms with Gasteiger partial charge in [0.15, 0.2) is 5.84 Å². The van der Waals surface area contributed by atoms with E-state index in [4.69, 9.17) is 35.2 Å². The SMILES string of the molecule is CC(NC(=O)c1cccc(NC2(C(N)=NC(=N)c3ccncc3)CCN(C(=O)OC(C)(C)C)CC2)c1)c1ccc(OCCCCCOCCCOCC(=O)O)cc1. The minimum absolute atomic E-state index is 0.0122. The number of carboxylic acids is 1. The first-order valence-electron chi connectivity index (χ1n) is 19.4. The second kappa shape index (κ2) is 21.7. The third-order valence-corrected chi connectivity index (χ3v) is 9.19. The molecule has 1 aromatic heterocycles. The van der Waals surface area contributed by atoms with Gasteiger partial charge in [0.05, 0.1) is 18.2 Å². The lowest BCUT2D eigenvalue weighted by Crippen LogP contribution is -2.58. The van der Waals surface area contributed by atoms with Crippen LogP contribution in [0, 0.1) is 5.41 Å². The summed E-state index contributed by atoms with van der Waals surface area (Å²) in [5, 5.41) is 23.8. The molecular formula is C42H57N7O8. The molecule has 1 saturated heterocycles. The molecule has 0 radical (unpaired) electrons. The largest absolute Gasteiger partial charge is 0.494 e. The molecule has 0 aliphatic carbocycles. The first kappa shape index (κ1) is 44.2. The van der Waals surface area contributed by atoms with E-state index in [0.717, 1.165) is 30.6 Å². The van der Waals surface area contributed by atoms with Gasteiger partial charge in [-0.25, -0.2) is 14.6 Å². The van der Waals surface area contributed by atoms with Crippen molar-refractivity contribution in [1.29, 1.82) is 5.41 Å². The van der Waals surface area contributed by atoms with Gasteiger partial charge in [-0.1, -0.05) is 18.2 Å². The number of nitrogens with one attached hydrogen (secondary N) is 3.